The van der Waals surface area contributed by atoms with Crippen LogP contribution in [-0.4, -0.2) is 109 Å². The Morgan fingerprint density at radius 1 is 0.923 bits per heavy atom. The van der Waals surface area contributed by atoms with Crippen LogP contribution in [0.5, 0.6) is 0 Å². The lowest BCUT2D eigenvalue weighted by Crippen LogP contribution is -2.52. The highest BCUT2D eigenvalue weighted by molar-refractivity contribution is 7.90. The lowest BCUT2D eigenvalue weighted by molar-refractivity contribution is -0.133. The Hall–Kier alpha value is -6.61. The number of pyridine rings is 1. The first-order valence-corrected chi connectivity index (χ1v) is 22.8. The average molecular weight is 916 g/mol. The molecule has 21 heteroatoms. The van der Waals surface area contributed by atoms with Crippen molar-refractivity contribution in [2.24, 2.45) is 11.8 Å². The summed E-state index contributed by atoms with van der Waals surface area (Å²) in [6.45, 7) is 3.35. The van der Waals surface area contributed by atoms with Crippen LogP contribution in [0.3, 0.4) is 0 Å². The van der Waals surface area contributed by atoms with E-state index in [-0.39, 0.29) is 59.3 Å². The van der Waals surface area contributed by atoms with E-state index in [1.807, 2.05) is 0 Å². The van der Waals surface area contributed by atoms with Crippen LogP contribution in [-0.2, 0) is 24.6 Å². The molecule has 3 saturated heterocycles. The topological polar surface area (TPSA) is 215 Å². The number of nitrogens with zero attached hydrogens (tertiary/aromatic N) is 6. The van der Waals surface area contributed by atoms with E-state index in [0.29, 0.717) is 67.3 Å². The molecule has 3 unspecified atom stereocenters. The third-order valence-corrected chi connectivity index (χ3v) is 14.2. The molecule has 3 fully saturated rings. The number of aromatic nitrogens is 4. The molecule has 3 amide bonds. The third kappa shape index (κ3) is 9.19. The lowest BCUT2D eigenvalue weighted by Gasteiger charge is -2.46. The zero-order chi connectivity index (χ0) is 46.2. The van der Waals surface area contributed by atoms with Gasteiger partial charge in [-0.2, -0.15) is 12.7 Å². The maximum absolute atomic E-state index is 15.9. The van der Waals surface area contributed by atoms with Gasteiger partial charge in [0.25, 0.3) is 0 Å². The van der Waals surface area contributed by atoms with E-state index in [0.717, 1.165) is 29.3 Å². The number of anilines is 4. The molecule has 0 saturated carbocycles. The Labute approximate surface area is 372 Å². The SMILES string of the molecule is CCN(C)S(=O)(=O)Nc1ccc(F)c(C(=O)c2c[nH]c3ncc(-c4cnc(N5CCC(C6CC(C(=O)NC)CCN6c6ccc(NC7CCC(=O)NC7=O)cc6F)CC5)nc4)cc23)c1F. The van der Waals surface area contributed by atoms with Gasteiger partial charge in [0.05, 0.1) is 16.9 Å². The van der Waals surface area contributed by atoms with Gasteiger partial charge in [0.1, 0.15) is 23.3 Å². The molecule has 3 aromatic heterocycles. The summed E-state index contributed by atoms with van der Waals surface area (Å²) in [5.74, 6) is -4.46. The zero-order valence-corrected chi connectivity index (χ0v) is 36.6. The summed E-state index contributed by atoms with van der Waals surface area (Å²) in [5, 5.41) is 8.39. The van der Waals surface area contributed by atoms with Crippen molar-refractivity contribution < 1.29 is 40.8 Å². The average Bonchev–Trinajstić information content (AvgIpc) is 3.74. The number of benzene rings is 2. The van der Waals surface area contributed by atoms with Gasteiger partial charge >= 0.3 is 10.2 Å². The minimum Gasteiger partial charge on any atom is -0.374 e. The number of amides is 3. The first-order chi connectivity index (χ1) is 31.1. The molecule has 8 rings (SSSR count). The molecule has 5 aromatic rings. The van der Waals surface area contributed by atoms with Crippen LogP contribution < -0.4 is 30.5 Å². The van der Waals surface area contributed by atoms with Crippen LogP contribution in [0.2, 0.25) is 0 Å². The molecule has 3 atom stereocenters. The summed E-state index contributed by atoms with van der Waals surface area (Å²) in [7, 11) is -1.27. The van der Waals surface area contributed by atoms with Crippen molar-refractivity contribution in [2.45, 2.75) is 57.5 Å². The lowest BCUT2D eigenvalue weighted by atomic mass is 9.79. The first-order valence-electron chi connectivity index (χ1n) is 21.3. The van der Waals surface area contributed by atoms with Gasteiger partial charge in [0.2, 0.25) is 29.5 Å². The van der Waals surface area contributed by atoms with Gasteiger partial charge in [-0.05, 0) is 74.4 Å². The van der Waals surface area contributed by atoms with Crippen LogP contribution in [0, 0.1) is 29.3 Å². The van der Waals surface area contributed by atoms with Crippen molar-refractivity contribution >= 4 is 67.8 Å². The van der Waals surface area contributed by atoms with Crippen molar-refractivity contribution in [1.29, 1.82) is 0 Å². The molecule has 65 heavy (non-hydrogen) atoms. The minimum absolute atomic E-state index is 0.0466. The highest BCUT2D eigenvalue weighted by Gasteiger charge is 2.39. The van der Waals surface area contributed by atoms with Crippen molar-refractivity contribution in [2.75, 3.05) is 60.1 Å². The van der Waals surface area contributed by atoms with Gasteiger partial charge in [-0.15, -0.1) is 0 Å². The van der Waals surface area contributed by atoms with E-state index < -0.39 is 56.6 Å². The van der Waals surface area contributed by atoms with E-state index in [9.17, 15) is 27.6 Å². The maximum atomic E-state index is 15.9. The van der Waals surface area contributed by atoms with Crippen LogP contribution >= 0.6 is 0 Å². The number of carbonyl (C=O) groups is 4. The second-order valence-electron chi connectivity index (χ2n) is 16.5. The van der Waals surface area contributed by atoms with Crippen LogP contribution in [0.1, 0.15) is 61.4 Å². The Balaban J connectivity index is 0.958. The largest absolute Gasteiger partial charge is 0.374 e. The van der Waals surface area contributed by atoms with E-state index in [4.69, 9.17) is 0 Å². The highest BCUT2D eigenvalue weighted by Crippen LogP contribution is 2.39. The van der Waals surface area contributed by atoms with Gasteiger partial charge in [-0.25, -0.2) is 28.1 Å². The van der Waals surface area contributed by atoms with E-state index in [1.54, 1.807) is 50.8 Å². The number of aromatic amines is 1. The van der Waals surface area contributed by atoms with Crippen LogP contribution in [0.15, 0.2) is 61.2 Å². The van der Waals surface area contributed by atoms with Gasteiger partial charge < -0.3 is 25.4 Å². The van der Waals surface area contributed by atoms with E-state index >= 15 is 13.2 Å². The second-order valence-corrected chi connectivity index (χ2v) is 18.2. The second kappa shape index (κ2) is 18.5. The number of nitrogens with one attached hydrogen (secondary N) is 5. The molecule has 6 heterocycles. The first kappa shape index (κ1) is 45.0. The molecule has 17 nitrogen and oxygen atoms in total. The Morgan fingerprint density at radius 2 is 1.66 bits per heavy atom. The standard InChI is InChI=1S/C44H48F3N11O6S/c1-4-56(3)65(63,64)55-33-7-6-31(45)38(39(33)47)40(60)30-23-50-41-29(30)17-26(20-49-41)27-21-51-44(52-22-27)57-14-11-24(12-15-57)36-18-25(42(61)48-2)13-16-58(36)35-9-5-28(19-32(35)46)53-34-8-10-37(59)54-43(34)62/h5-7,9,17,19-25,34,36,53,55H,4,8,10-16,18H2,1-3H3,(H,48,61)(H,49,50)(H,54,59,62). The Morgan fingerprint density at radius 3 is 2.35 bits per heavy atom. The van der Waals surface area contributed by atoms with Gasteiger partial charge in [0.15, 0.2) is 5.82 Å². The monoisotopic (exact) mass is 915 g/mol. The van der Waals surface area contributed by atoms with Crippen molar-refractivity contribution in [3.05, 3.63) is 89.8 Å². The van der Waals surface area contributed by atoms with E-state index in [2.05, 4.69) is 50.4 Å². The summed E-state index contributed by atoms with van der Waals surface area (Å²) in [6, 6.07) is 7.36. The predicted octanol–water partition coefficient (Wildman–Crippen LogP) is 4.74. The number of hydrogen-bond acceptors (Lipinski definition) is 12. The molecule has 3 aliphatic heterocycles. The highest BCUT2D eigenvalue weighted by atomic mass is 32.2. The number of piperidine rings is 3. The number of H-pyrrole nitrogens is 1. The molecule has 2 aromatic carbocycles. The third-order valence-electron chi connectivity index (χ3n) is 12.6. The molecular weight excluding hydrogens is 868 g/mol. The fourth-order valence-electron chi connectivity index (χ4n) is 8.88. The zero-order valence-electron chi connectivity index (χ0n) is 35.8. The quantitative estimate of drug-likeness (QED) is 0.0801. The van der Waals surface area contributed by atoms with Gasteiger partial charge in [-0.3, -0.25) is 29.2 Å². The number of fused-ring (bicyclic) bond motifs is 1. The minimum atomic E-state index is -4.17. The number of carbonyl (C=O) groups excluding carboxylic acids is 4. The molecule has 0 aliphatic carbocycles. The number of rotatable bonds is 13. The summed E-state index contributed by atoms with van der Waals surface area (Å²) in [6.07, 6.45) is 9.12. The molecule has 0 radical (unpaired) electrons. The fraction of sp³-hybridized carbons (Fsp3) is 0.386. The summed E-state index contributed by atoms with van der Waals surface area (Å²) in [4.78, 5) is 71.1. The van der Waals surface area contributed by atoms with Crippen LogP contribution in [0.25, 0.3) is 22.2 Å². The van der Waals surface area contributed by atoms with Gasteiger partial charge in [-0.1, -0.05) is 6.92 Å². The molecular formula is C44H48F3N11O6S. The molecule has 0 bridgehead atoms. The number of imide groups is 1. The predicted molar refractivity (Wildman–Crippen MR) is 237 cm³/mol. The number of halogens is 3. The molecule has 342 valence electrons. The molecule has 0 spiro atoms. The van der Waals surface area contributed by atoms with Crippen molar-refractivity contribution in [1.82, 2.24) is 34.9 Å². The number of ketones is 1. The summed E-state index contributed by atoms with van der Waals surface area (Å²) in [5.41, 5.74) is 0.603. The van der Waals surface area contributed by atoms with E-state index in [1.165, 1.54) is 19.3 Å². The smallest absolute Gasteiger partial charge is 0.301 e. The summed E-state index contributed by atoms with van der Waals surface area (Å²) >= 11 is 0. The maximum Gasteiger partial charge on any atom is 0.301 e. The number of hydrogen-bond donors (Lipinski definition) is 5. The molecule has 5 N–H and O–H groups in total. The summed E-state index contributed by atoms with van der Waals surface area (Å²) < 4.78 is 74.9. The van der Waals surface area contributed by atoms with Crippen molar-refractivity contribution in [3.8, 4) is 11.1 Å². The van der Waals surface area contributed by atoms with Crippen LogP contribution in [0.4, 0.5) is 36.2 Å². The Bertz CT molecular complexity index is 2770. The Kier molecular flexibility index (Phi) is 12.8. The van der Waals surface area contributed by atoms with Crippen molar-refractivity contribution in [3.63, 3.8) is 0 Å². The van der Waals surface area contributed by atoms with Gasteiger partial charge in [0, 0.05) is 111 Å². The molecule has 3 aliphatic rings. The normalized spacial score (nSPS) is 19.6. The fourth-order valence-corrected chi connectivity index (χ4v) is 9.81.